The average Bonchev–Trinajstić information content (AvgIpc) is 2.72. The SMILES string of the molecule is CC[C@@H](C)Cc1nccc(C(F)(F)F)c1C=CC(=O)NC(C)c1ccc(NS(C)(=O)=O)c(F)c1. The van der Waals surface area contributed by atoms with E-state index in [-0.39, 0.29) is 22.9 Å². The number of aromatic nitrogens is 1. The minimum Gasteiger partial charge on any atom is -0.346 e. The van der Waals surface area contributed by atoms with Crippen LogP contribution in [0.4, 0.5) is 23.2 Å². The van der Waals surface area contributed by atoms with Crippen molar-refractivity contribution < 1.29 is 30.8 Å². The van der Waals surface area contributed by atoms with Crippen molar-refractivity contribution in [2.75, 3.05) is 11.0 Å². The number of amides is 1. The van der Waals surface area contributed by atoms with Crippen molar-refractivity contribution in [3.05, 3.63) is 64.7 Å². The number of benzene rings is 1. The lowest BCUT2D eigenvalue weighted by molar-refractivity contribution is -0.137. The second-order valence-corrected chi connectivity index (χ2v) is 9.86. The summed E-state index contributed by atoms with van der Waals surface area (Å²) in [6, 6.07) is 3.88. The van der Waals surface area contributed by atoms with Crippen molar-refractivity contribution >= 4 is 27.7 Å². The van der Waals surface area contributed by atoms with E-state index in [2.05, 4.69) is 10.3 Å². The largest absolute Gasteiger partial charge is 0.417 e. The molecule has 2 aromatic rings. The lowest BCUT2D eigenvalue weighted by Crippen LogP contribution is -2.25. The Morgan fingerprint density at radius 3 is 2.44 bits per heavy atom. The molecule has 0 aliphatic carbocycles. The third-order valence-corrected chi connectivity index (χ3v) is 5.76. The summed E-state index contributed by atoms with van der Waals surface area (Å²) in [4.78, 5) is 16.5. The number of sulfonamides is 1. The van der Waals surface area contributed by atoms with E-state index in [1.54, 1.807) is 6.92 Å². The topological polar surface area (TPSA) is 88.2 Å². The van der Waals surface area contributed by atoms with Gasteiger partial charge in [0.1, 0.15) is 5.82 Å². The van der Waals surface area contributed by atoms with Crippen LogP contribution in [0, 0.1) is 11.7 Å². The zero-order valence-corrected chi connectivity index (χ0v) is 20.0. The number of hydrogen-bond acceptors (Lipinski definition) is 4. The first kappa shape index (κ1) is 27.3. The van der Waals surface area contributed by atoms with Crippen LogP contribution in [0.2, 0.25) is 0 Å². The van der Waals surface area contributed by atoms with Gasteiger partial charge in [0.05, 0.1) is 23.5 Å². The van der Waals surface area contributed by atoms with Crippen molar-refractivity contribution in [2.45, 2.75) is 45.8 Å². The lowest BCUT2D eigenvalue weighted by atomic mass is 9.96. The highest BCUT2D eigenvalue weighted by Gasteiger charge is 2.34. The summed E-state index contributed by atoms with van der Waals surface area (Å²) < 4.78 is 79.4. The molecule has 1 aromatic carbocycles. The van der Waals surface area contributed by atoms with Gasteiger partial charge < -0.3 is 5.32 Å². The average molecular weight is 502 g/mol. The van der Waals surface area contributed by atoms with E-state index in [1.807, 2.05) is 18.6 Å². The summed E-state index contributed by atoms with van der Waals surface area (Å²) in [6.07, 6.45) is 0.538. The molecule has 0 aliphatic rings. The van der Waals surface area contributed by atoms with Gasteiger partial charge in [-0.2, -0.15) is 13.2 Å². The number of carbonyl (C=O) groups excluding carboxylic acids is 1. The van der Waals surface area contributed by atoms with Crippen molar-refractivity contribution in [2.24, 2.45) is 5.92 Å². The molecular formula is C23H27F4N3O3S. The molecule has 0 spiro atoms. The number of anilines is 1. The van der Waals surface area contributed by atoms with Crippen LogP contribution in [0.3, 0.4) is 0 Å². The predicted octanol–water partition coefficient (Wildman–Crippen LogP) is 5.09. The fourth-order valence-electron chi connectivity index (χ4n) is 3.17. The molecule has 0 aliphatic heterocycles. The molecule has 0 fully saturated rings. The Bertz CT molecular complexity index is 1160. The summed E-state index contributed by atoms with van der Waals surface area (Å²) in [5.74, 6) is -1.41. The van der Waals surface area contributed by atoms with Crippen LogP contribution in [0.5, 0.6) is 0 Å². The molecule has 0 saturated carbocycles. The number of alkyl halides is 3. The molecule has 1 heterocycles. The van der Waals surface area contributed by atoms with Gasteiger partial charge in [0.25, 0.3) is 0 Å². The van der Waals surface area contributed by atoms with Gasteiger partial charge in [0.2, 0.25) is 15.9 Å². The number of rotatable bonds is 9. The molecule has 2 rings (SSSR count). The Morgan fingerprint density at radius 1 is 1.21 bits per heavy atom. The summed E-state index contributed by atoms with van der Waals surface area (Å²) >= 11 is 0. The Kier molecular flexibility index (Phi) is 8.82. The van der Waals surface area contributed by atoms with Gasteiger partial charge in [-0.3, -0.25) is 14.5 Å². The summed E-state index contributed by atoms with van der Waals surface area (Å²) in [6.45, 7) is 5.39. The third-order valence-electron chi connectivity index (χ3n) is 5.17. The van der Waals surface area contributed by atoms with E-state index < -0.39 is 39.5 Å². The van der Waals surface area contributed by atoms with Gasteiger partial charge in [-0.15, -0.1) is 0 Å². The highest BCUT2D eigenvalue weighted by atomic mass is 32.2. The summed E-state index contributed by atoms with van der Waals surface area (Å²) in [5, 5.41) is 2.56. The standard InChI is InChI=1S/C23H27F4N3O3S/c1-5-14(2)12-21-17(18(10-11-28-21)23(25,26)27)7-9-22(31)29-15(3)16-6-8-20(19(24)13-16)30-34(4,32)33/h6-11,13-15,30H,5,12H2,1-4H3,(H,29,31)/t14-,15?/m1/s1. The molecule has 2 N–H and O–H groups in total. The Labute approximate surface area is 196 Å². The minimum absolute atomic E-state index is 0.104. The number of nitrogens with one attached hydrogen (secondary N) is 2. The van der Waals surface area contributed by atoms with Crippen LogP contribution in [0.25, 0.3) is 6.08 Å². The van der Waals surface area contributed by atoms with Crippen LogP contribution >= 0.6 is 0 Å². The molecule has 2 atom stereocenters. The fourth-order valence-corrected chi connectivity index (χ4v) is 3.74. The minimum atomic E-state index is -4.62. The quantitative estimate of drug-likeness (QED) is 0.370. The maximum absolute atomic E-state index is 14.2. The maximum Gasteiger partial charge on any atom is 0.417 e. The summed E-state index contributed by atoms with van der Waals surface area (Å²) in [7, 11) is -3.67. The lowest BCUT2D eigenvalue weighted by Gasteiger charge is -2.16. The van der Waals surface area contributed by atoms with Crippen molar-refractivity contribution in [1.29, 1.82) is 0 Å². The van der Waals surface area contributed by atoms with Crippen LogP contribution in [0.1, 0.15) is 55.6 Å². The van der Waals surface area contributed by atoms with E-state index in [0.29, 0.717) is 12.0 Å². The van der Waals surface area contributed by atoms with Crippen molar-refractivity contribution in [3.8, 4) is 0 Å². The molecule has 11 heteroatoms. The zero-order chi connectivity index (χ0) is 25.7. The highest BCUT2D eigenvalue weighted by molar-refractivity contribution is 7.92. The van der Waals surface area contributed by atoms with Crippen LogP contribution < -0.4 is 10.0 Å². The number of nitrogens with zero attached hydrogens (tertiary/aromatic N) is 1. The van der Waals surface area contributed by atoms with Crippen LogP contribution in [-0.4, -0.2) is 25.6 Å². The molecule has 6 nitrogen and oxygen atoms in total. The third kappa shape index (κ3) is 7.82. The number of halogens is 4. The molecule has 1 amide bonds. The molecule has 186 valence electrons. The Hall–Kier alpha value is -2.95. The predicted molar refractivity (Wildman–Crippen MR) is 123 cm³/mol. The second kappa shape index (κ2) is 11.0. The zero-order valence-electron chi connectivity index (χ0n) is 19.2. The Morgan fingerprint density at radius 2 is 1.88 bits per heavy atom. The van der Waals surface area contributed by atoms with E-state index in [0.717, 1.165) is 43.2 Å². The molecule has 1 unspecified atom stereocenters. The maximum atomic E-state index is 14.2. The first-order chi connectivity index (χ1) is 15.7. The van der Waals surface area contributed by atoms with Crippen LogP contribution in [-0.2, 0) is 27.4 Å². The highest BCUT2D eigenvalue weighted by Crippen LogP contribution is 2.34. The van der Waals surface area contributed by atoms with Gasteiger partial charge in [-0.05, 0) is 49.1 Å². The smallest absolute Gasteiger partial charge is 0.346 e. The van der Waals surface area contributed by atoms with Gasteiger partial charge in [-0.25, -0.2) is 12.8 Å². The van der Waals surface area contributed by atoms with Gasteiger partial charge >= 0.3 is 6.18 Å². The number of pyridine rings is 1. The second-order valence-electron chi connectivity index (χ2n) is 8.11. The molecule has 0 saturated heterocycles. The summed E-state index contributed by atoms with van der Waals surface area (Å²) in [5.41, 5.74) is -0.700. The van der Waals surface area contributed by atoms with E-state index in [9.17, 15) is 30.8 Å². The van der Waals surface area contributed by atoms with E-state index >= 15 is 0 Å². The number of hydrogen-bond donors (Lipinski definition) is 2. The van der Waals surface area contributed by atoms with E-state index in [1.165, 1.54) is 12.1 Å². The van der Waals surface area contributed by atoms with Crippen LogP contribution in [0.15, 0.2) is 36.5 Å². The van der Waals surface area contributed by atoms with E-state index in [4.69, 9.17) is 0 Å². The van der Waals surface area contributed by atoms with Gasteiger partial charge in [-0.1, -0.05) is 26.3 Å². The molecule has 0 bridgehead atoms. The van der Waals surface area contributed by atoms with Crippen molar-refractivity contribution in [3.63, 3.8) is 0 Å². The normalized spacial score (nSPS) is 14.1. The molecular weight excluding hydrogens is 474 g/mol. The Balaban J connectivity index is 2.23. The van der Waals surface area contributed by atoms with Gasteiger partial charge in [0, 0.05) is 23.5 Å². The molecule has 1 aromatic heterocycles. The van der Waals surface area contributed by atoms with Crippen molar-refractivity contribution in [1.82, 2.24) is 10.3 Å². The molecule has 34 heavy (non-hydrogen) atoms. The number of carbonyl (C=O) groups is 1. The monoisotopic (exact) mass is 501 g/mol. The van der Waals surface area contributed by atoms with Gasteiger partial charge in [0.15, 0.2) is 0 Å². The first-order valence-electron chi connectivity index (χ1n) is 10.5. The first-order valence-corrected chi connectivity index (χ1v) is 12.4. The fraction of sp³-hybridized carbons (Fsp3) is 0.391. The molecule has 0 radical (unpaired) electrons.